The molecule has 1 atom stereocenters. The second-order valence-electron chi connectivity index (χ2n) is 8.98. The fraction of sp³-hybridized carbons (Fsp3) is 0.462. The number of fused-ring (bicyclic) bond motifs is 1. The summed E-state index contributed by atoms with van der Waals surface area (Å²) in [5.74, 6) is 1.54. The van der Waals surface area contributed by atoms with Crippen LogP contribution in [0.15, 0.2) is 53.5 Å². The first-order valence-electron chi connectivity index (χ1n) is 11.9. The van der Waals surface area contributed by atoms with Gasteiger partial charge in [-0.15, -0.1) is 0 Å². The minimum absolute atomic E-state index is 0.00291. The molecule has 7 heteroatoms. The molecule has 176 valence electrons. The fourth-order valence-corrected chi connectivity index (χ4v) is 4.25. The second-order valence-corrected chi connectivity index (χ2v) is 8.98. The van der Waals surface area contributed by atoms with Gasteiger partial charge in [0.1, 0.15) is 5.75 Å². The maximum absolute atomic E-state index is 12.1. The van der Waals surface area contributed by atoms with E-state index in [0.717, 1.165) is 29.8 Å². The summed E-state index contributed by atoms with van der Waals surface area (Å²) in [6.07, 6.45) is 3.46. The predicted molar refractivity (Wildman–Crippen MR) is 131 cm³/mol. The molecule has 2 aromatic carbocycles. The van der Waals surface area contributed by atoms with Gasteiger partial charge in [0.15, 0.2) is 5.96 Å². The van der Waals surface area contributed by atoms with Gasteiger partial charge in [0.2, 0.25) is 5.91 Å². The standard InChI is InChI=1S/C26H35N5O2/c1-30(2)25(32)18-28-26(29-23-13-16-33-24-8-4-3-7-22(23)24)27-17-20-9-11-21(12-10-20)19-31-14-5-6-15-31/h3-4,7-12,23H,5-6,13-19H2,1-2H3,(H2,27,28,29). The lowest BCUT2D eigenvalue weighted by Gasteiger charge is -2.28. The number of benzene rings is 2. The summed E-state index contributed by atoms with van der Waals surface area (Å²) in [6, 6.07) is 16.9. The van der Waals surface area contributed by atoms with Gasteiger partial charge in [-0.1, -0.05) is 42.5 Å². The molecule has 1 unspecified atom stereocenters. The zero-order valence-electron chi connectivity index (χ0n) is 19.7. The molecule has 2 heterocycles. The van der Waals surface area contributed by atoms with Crippen LogP contribution >= 0.6 is 0 Å². The molecule has 1 fully saturated rings. The lowest BCUT2D eigenvalue weighted by molar-refractivity contribution is -0.127. The van der Waals surface area contributed by atoms with Crippen molar-refractivity contribution >= 4 is 11.9 Å². The molecule has 2 aromatic rings. The van der Waals surface area contributed by atoms with E-state index < -0.39 is 0 Å². The van der Waals surface area contributed by atoms with E-state index in [-0.39, 0.29) is 18.5 Å². The van der Waals surface area contributed by atoms with Crippen LogP contribution < -0.4 is 15.4 Å². The first-order chi connectivity index (χ1) is 16.1. The van der Waals surface area contributed by atoms with Gasteiger partial charge in [-0.3, -0.25) is 9.69 Å². The van der Waals surface area contributed by atoms with Gasteiger partial charge in [0.25, 0.3) is 0 Å². The number of hydrogen-bond donors (Lipinski definition) is 2. The topological polar surface area (TPSA) is 69.2 Å². The van der Waals surface area contributed by atoms with Crippen LogP contribution in [0.5, 0.6) is 5.75 Å². The highest BCUT2D eigenvalue weighted by Crippen LogP contribution is 2.31. The first-order valence-corrected chi connectivity index (χ1v) is 11.9. The van der Waals surface area contributed by atoms with Gasteiger partial charge in [0, 0.05) is 32.6 Å². The van der Waals surface area contributed by atoms with Crippen molar-refractivity contribution in [2.24, 2.45) is 4.99 Å². The number of ether oxygens (including phenoxy) is 1. The van der Waals surface area contributed by atoms with E-state index >= 15 is 0 Å². The summed E-state index contributed by atoms with van der Waals surface area (Å²) in [5.41, 5.74) is 3.60. The molecule has 2 aliphatic heterocycles. The van der Waals surface area contributed by atoms with Crippen LogP contribution in [-0.4, -0.2) is 62.0 Å². The number of rotatable bonds is 7. The van der Waals surface area contributed by atoms with Crippen molar-refractivity contribution in [3.63, 3.8) is 0 Å². The van der Waals surface area contributed by atoms with Crippen LogP contribution in [0.25, 0.3) is 0 Å². The number of hydrogen-bond acceptors (Lipinski definition) is 4. The highest BCUT2D eigenvalue weighted by Gasteiger charge is 2.22. The predicted octanol–water partition coefficient (Wildman–Crippen LogP) is 2.93. The van der Waals surface area contributed by atoms with Gasteiger partial charge < -0.3 is 20.3 Å². The Hall–Kier alpha value is -3.06. The molecule has 0 saturated carbocycles. The number of likely N-dealkylation sites (N-methyl/N-ethyl adjacent to an activating group) is 1. The summed E-state index contributed by atoms with van der Waals surface area (Å²) < 4.78 is 5.79. The molecule has 7 nitrogen and oxygen atoms in total. The SMILES string of the molecule is CN(C)C(=O)CNC(=NCc1ccc(CN2CCCC2)cc1)NC1CCOc2ccccc21. The number of carbonyl (C=O) groups excluding carboxylic acids is 1. The number of nitrogens with zero attached hydrogens (tertiary/aromatic N) is 3. The van der Waals surface area contributed by atoms with Crippen molar-refractivity contribution in [1.29, 1.82) is 0 Å². The molecule has 1 saturated heterocycles. The number of nitrogens with one attached hydrogen (secondary N) is 2. The Morgan fingerprint density at radius 1 is 1.09 bits per heavy atom. The normalized spacial score (nSPS) is 18.4. The summed E-state index contributed by atoms with van der Waals surface area (Å²) in [4.78, 5) is 21.0. The average Bonchev–Trinajstić information content (AvgIpc) is 3.34. The van der Waals surface area contributed by atoms with Crippen molar-refractivity contribution in [1.82, 2.24) is 20.4 Å². The minimum atomic E-state index is 0.00291. The third-order valence-corrected chi connectivity index (χ3v) is 6.22. The summed E-state index contributed by atoms with van der Waals surface area (Å²) in [7, 11) is 3.51. The third kappa shape index (κ3) is 6.48. The van der Waals surface area contributed by atoms with Crippen molar-refractivity contribution in [3.8, 4) is 5.75 Å². The fourth-order valence-electron chi connectivity index (χ4n) is 4.25. The van der Waals surface area contributed by atoms with Crippen LogP contribution in [0.4, 0.5) is 0 Å². The second kappa shape index (κ2) is 11.2. The molecule has 2 aliphatic rings. The van der Waals surface area contributed by atoms with E-state index in [2.05, 4.69) is 45.9 Å². The Kier molecular flexibility index (Phi) is 7.83. The van der Waals surface area contributed by atoms with Gasteiger partial charge in [-0.25, -0.2) is 4.99 Å². The molecule has 0 spiro atoms. The summed E-state index contributed by atoms with van der Waals surface area (Å²) in [5, 5.41) is 6.73. The highest BCUT2D eigenvalue weighted by atomic mass is 16.5. The largest absolute Gasteiger partial charge is 0.493 e. The number of aliphatic imine (C=N–C) groups is 1. The molecule has 0 aliphatic carbocycles. The Labute approximate surface area is 196 Å². The van der Waals surface area contributed by atoms with Gasteiger partial charge in [-0.05, 0) is 43.1 Å². The van der Waals surface area contributed by atoms with Crippen molar-refractivity contribution in [3.05, 3.63) is 65.2 Å². The van der Waals surface area contributed by atoms with Gasteiger partial charge in [-0.2, -0.15) is 0 Å². The molecule has 2 N–H and O–H groups in total. The quantitative estimate of drug-likeness (QED) is 0.503. The smallest absolute Gasteiger partial charge is 0.241 e. The molecular formula is C26H35N5O2. The van der Waals surface area contributed by atoms with E-state index in [9.17, 15) is 4.79 Å². The van der Waals surface area contributed by atoms with Crippen molar-refractivity contribution in [2.45, 2.75) is 38.4 Å². The number of likely N-dealkylation sites (tertiary alicyclic amines) is 1. The zero-order valence-corrected chi connectivity index (χ0v) is 19.7. The van der Waals surface area contributed by atoms with Crippen LogP contribution in [0.3, 0.4) is 0 Å². The molecule has 0 radical (unpaired) electrons. The molecule has 0 bridgehead atoms. The Balaban J connectivity index is 1.43. The average molecular weight is 450 g/mol. The number of carbonyl (C=O) groups is 1. The molecule has 33 heavy (non-hydrogen) atoms. The van der Waals surface area contributed by atoms with E-state index in [4.69, 9.17) is 9.73 Å². The minimum Gasteiger partial charge on any atom is -0.493 e. The maximum Gasteiger partial charge on any atom is 0.241 e. The monoisotopic (exact) mass is 449 g/mol. The van der Waals surface area contributed by atoms with E-state index in [0.29, 0.717) is 19.1 Å². The van der Waals surface area contributed by atoms with Crippen molar-refractivity contribution < 1.29 is 9.53 Å². The maximum atomic E-state index is 12.1. The number of amides is 1. The van der Waals surface area contributed by atoms with Crippen LogP contribution in [-0.2, 0) is 17.9 Å². The molecule has 1 amide bonds. The van der Waals surface area contributed by atoms with Crippen LogP contribution in [0.1, 0.15) is 42.0 Å². The number of guanidine groups is 1. The Bertz CT molecular complexity index is 951. The Morgan fingerprint density at radius 3 is 2.58 bits per heavy atom. The van der Waals surface area contributed by atoms with E-state index in [1.165, 1.54) is 31.5 Å². The van der Waals surface area contributed by atoms with E-state index in [1.54, 1.807) is 19.0 Å². The Morgan fingerprint density at radius 2 is 1.82 bits per heavy atom. The lowest BCUT2D eigenvalue weighted by Crippen LogP contribution is -2.45. The highest BCUT2D eigenvalue weighted by molar-refractivity contribution is 5.86. The summed E-state index contributed by atoms with van der Waals surface area (Å²) >= 11 is 0. The molecular weight excluding hydrogens is 414 g/mol. The van der Waals surface area contributed by atoms with E-state index in [1.807, 2.05) is 18.2 Å². The van der Waals surface area contributed by atoms with Gasteiger partial charge in [0.05, 0.1) is 25.7 Å². The third-order valence-electron chi connectivity index (χ3n) is 6.22. The summed E-state index contributed by atoms with van der Waals surface area (Å²) in [6.45, 7) is 4.81. The molecule has 0 aromatic heterocycles. The lowest BCUT2D eigenvalue weighted by atomic mass is 10.0. The zero-order chi connectivity index (χ0) is 23.0. The van der Waals surface area contributed by atoms with Crippen molar-refractivity contribution in [2.75, 3.05) is 40.3 Å². The van der Waals surface area contributed by atoms with Crippen LogP contribution in [0, 0.1) is 0 Å². The molecule has 4 rings (SSSR count). The van der Waals surface area contributed by atoms with Crippen LogP contribution in [0.2, 0.25) is 0 Å². The first kappa shape index (κ1) is 23.1. The van der Waals surface area contributed by atoms with Gasteiger partial charge >= 0.3 is 0 Å². The number of para-hydroxylation sites is 1.